The highest BCUT2D eigenvalue weighted by molar-refractivity contribution is 8.14. The third kappa shape index (κ3) is 4.11. The monoisotopic (exact) mass is 229 g/mol. The topological polar surface area (TPSA) is 53.5 Å². The summed E-state index contributed by atoms with van der Waals surface area (Å²) < 4.78 is 0. The molecule has 0 spiro atoms. The van der Waals surface area contributed by atoms with Gasteiger partial charge in [-0.3, -0.25) is 9.79 Å². The van der Waals surface area contributed by atoms with Crippen molar-refractivity contribution >= 4 is 22.8 Å². The lowest BCUT2D eigenvalue weighted by Gasteiger charge is -2.12. The van der Waals surface area contributed by atoms with E-state index in [1.165, 1.54) is 0 Å². The number of amidine groups is 1. The fourth-order valence-electron chi connectivity index (χ4n) is 1.25. The van der Waals surface area contributed by atoms with Crippen LogP contribution in [0, 0.1) is 5.92 Å². The Bertz CT molecular complexity index is 253. The Labute approximate surface area is 95.3 Å². The van der Waals surface area contributed by atoms with Crippen molar-refractivity contribution in [2.24, 2.45) is 10.9 Å². The zero-order valence-corrected chi connectivity index (χ0v) is 10.4. The summed E-state index contributed by atoms with van der Waals surface area (Å²) in [5.41, 5.74) is 0. The highest BCUT2D eigenvalue weighted by atomic mass is 32.2. The predicted octanol–water partition coefficient (Wildman–Crippen LogP) is 0.839. The molecule has 2 N–H and O–H groups in total. The normalized spacial score (nSPS) is 20.3. The maximum absolute atomic E-state index is 11.2. The van der Waals surface area contributed by atoms with Gasteiger partial charge in [-0.05, 0) is 12.8 Å². The van der Waals surface area contributed by atoms with Gasteiger partial charge in [0.05, 0.1) is 13.1 Å². The Morgan fingerprint density at radius 1 is 1.67 bits per heavy atom. The van der Waals surface area contributed by atoms with E-state index in [0.717, 1.165) is 11.7 Å². The lowest BCUT2D eigenvalue weighted by Crippen LogP contribution is -2.35. The van der Waals surface area contributed by atoms with E-state index < -0.39 is 0 Å². The fraction of sp³-hybridized carbons (Fsp3) is 0.800. The Morgan fingerprint density at radius 2 is 2.40 bits per heavy atom. The Kier molecular flexibility index (Phi) is 4.94. The molecule has 0 fully saturated rings. The maximum Gasteiger partial charge on any atom is 0.239 e. The van der Waals surface area contributed by atoms with Crippen LogP contribution in [0.2, 0.25) is 0 Å². The minimum absolute atomic E-state index is 0.0220. The van der Waals surface area contributed by atoms with Crippen LogP contribution in [-0.4, -0.2) is 36.0 Å². The first-order valence-corrected chi connectivity index (χ1v) is 6.23. The summed E-state index contributed by atoms with van der Waals surface area (Å²) in [5.74, 6) is 0.649. The van der Waals surface area contributed by atoms with Crippen LogP contribution in [0.1, 0.15) is 20.8 Å². The molecule has 86 valence electrons. The van der Waals surface area contributed by atoms with Crippen LogP contribution in [0.25, 0.3) is 0 Å². The van der Waals surface area contributed by atoms with Crippen molar-refractivity contribution in [1.29, 1.82) is 0 Å². The number of nitrogens with zero attached hydrogens (tertiary/aromatic N) is 1. The molecule has 0 aliphatic carbocycles. The molecule has 1 amide bonds. The lowest BCUT2D eigenvalue weighted by atomic mass is 10.1. The second-order valence-electron chi connectivity index (χ2n) is 3.85. The number of likely N-dealkylation sites (N-methyl/N-ethyl adjacent to an activating group) is 1. The third-order valence-electron chi connectivity index (χ3n) is 2.20. The van der Waals surface area contributed by atoms with Crippen LogP contribution in [0.15, 0.2) is 4.99 Å². The molecule has 0 saturated heterocycles. The number of nitrogens with one attached hydrogen (secondary N) is 2. The van der Waals surface area contributed by atoms with E-state index in [4.69, 9.17) is 0 Å². The summed E-state index contributed by atoms with van der Waals surface area (Å²) in [5, 5.41) is 7.25. The van der Waals surface area contributed by atoms with Crippen LogP contribution in [0.5, 0.6) is 0 Å². The molecule has 1 aliphatic heterocycles. The summed E-state index contributed by atoms with van der Waals surface area (Å²) in [6.45, 7) is 8.16. The zero-order chi connectivity index (χ0) is 11.3. The molecule has 1 unspecified atom stereocenters. The smallest absolute Gasteiger partial charge is 0.239 e. The first-order valence-electron chi connectivity index (χ1n) is 5.35. The van der Waals surface area contributed by atoms with Gasteiger partial charge in [-0.2, -0.15) is 0 Å². The molecule has 4 nitrogen and oxygen atoms in total. The molecule has 0 aromatic rings. The molecule has 1 atom stereocenters. The number of thioether (sulfide) groups is 1. The van der Waals surface area contributed by atoms with Gasteiger partial charge in [0, 0.05) is 11.8 Å². The third-order valence-corrected chi connectivity index (χ3v) is 3.69. The molecule has 0 bridgehead atoms. The van der Waals surface area contributed by atoms with Crippen LogP contribution in [-0.2, 0) is 4.79 Å². The van der Waals surface area contributed by atoms with Crippen LogP contribution in [0.3, 0.4) is 0 Å². The second kappa shape index (κ2) is 6.00. The van der Waals surface area contributed by atoms with E-state index in [9.17, 15) is 4.79 Å². The van der Waals surface area contributed by atoms with Crippen molar-refractivity contribution in [2.45, 2.75) is 26.0 Å². The maximum atomic E-state index is 11.2. The van der Waals surface area contributed by atoms with E-state index in [-0.39, 0.29) is 5.91 Å². The van der Waals surface area contributed by atoms with Crippen molar-refractivity contribution in [3.8, 4) is 0 Å². The average molecular weight is 229 g/mol. The van der Waals surface area contributed by atoms with Crippen molar-refractivity contribution in [1.82, 2.24) is 10.6 Å². The van der Waals surface area contributed by atoms with Crippen molar-refractivity contribution in [3.63, 3.8) is 0 Å². The lowest BCUT2D eigenvalue weighted by molar-refractivity contribution is -0.119. The Hall–Kier alpha value is -0.710. The highest BCUT2D eigenvalue weighted by Gasteiger charge is 2.22. The van der Waals surface area contributed by atoms with Gasteiger partial charge in [0.15, 0.2) is 5.17 Å². The SMILES string of the molecule is CCNC(=O)CNC1=NCC(C(C)C)S1. The van der Waals surface area contributed by atoms with Gasteiger partial charge >= 0.3 is 0 Å². The van der Waals surface area contributed by atoms with Gasteiger partial charge in [0.1, 0.15) is 0 Å². The van der Waals surface area contributed by atoms with E-state index >= 15 is 0 Å². The van der Waals surface area contributed by atoms with Gasteiger partial charge in [-0.1, -0.05) is 25.6 Å². The van der Waals surface area contributed by atoms with E-state index in [0.29, 0.717) is 24.3 Å². The van der Waals surface area contributed by atoms with Crippen molar-refractivity contribution < 1.29 is 4.79 Å². The van der Waals surface area contributed by atoms with Gasteiger partial charge in [-0.25, -0.2) is 0 Å². The van der Waals surface area contributed by atoms with Gasteiger partial charge in [0.25, 0.3) is 0 Å². The summed E-state index contributed by atoms with van der Waals surface area (Å²) in [7, 11) is 0. The molecule has 15 heavy (non-hydrogen) atoms. The zero-order valence-electron chi connectivity index (χ0n) is 9.54. The largest absolute Gasteiger partial charge is 0.356 e. The molecular weight excluding hydrogens is 210 g/mol. The summed E-state index contributed by atoms with van der Waals surface area (Å²) in [4.78, 5) is 15.5. The molecule has 1 aliphatic rings. The summed E-state index contributed by atoms with van der Waals surface area (Å²) >= 11 is 1.74. The molecule has 1 heterocycles. The highest BCUT2D eigenvalue weighted by Crippen LogP contribution is 2.25. The fourth-order valence-corrected chi connectivity index (χ4v) is 2.26. The van der Waals surface area contributed by atoms with Crippen LogP contribution in [0.4, 0.5) is 0 Å². The summed E-state index contributed by atoms with van der Waals surface area (Å²) in [6.07, 6.45) is 0. The number of hydrogen-bond acceptors (Lipinski definition) is 4. The van der Waals surface area contributed by atoms with Crippen molar-refractivity contribution in [2.75, 3.05) is 19.6 Å². The standard InChI is InChI=1S/C10H19N3OS/c1-4-11-9(14)6-13-10-12-5-8(15-10)7(2)3/h7-8H,4-6H2,1-3H3,(H,11,14)(H,12,13). The van der Waals surface area contributed by atoms with Crippen molar-refractivity contribution in [3.05, 3.63) is 0 Å². The molecule has 1 rings (SSSR count). The second-order valence-corrected chi connectivity index (χ2v) is 5.08. The first-order chi connectivity index (χ1) is 7.13. The number of carbonyl (C=O) groups excluding carboxylic acids is 1. The molecule has 5 heteroatoms. The molecule has 0 radical (unpaired) electrons. The average Bonchev–Trinajstić information content (AvgIpc) is 2.63. The van der Waals surface area contributed by atoms with Crippen LogP contribution >= 0.6 is 11.8 Å². The number of carbonyl (C=O) groups is 1. The van der Waals surface area contributed by atoms with E-state index in [2.05, 4.69) is 29.5 Å². The Balaban J connectivity index is 2.21. The van der Waals surface area contributed by atoms with Gasteiger partial charge in [-0.15, -0.1) is 0 Å². The minimum atomic E-state index is 0.0220. The van der Waals surface area contributed by atoms with E-state index in [1.54, 1.807) is 11.8 Å². The number of aliphatic imine (C=N–C) groups is 1. The number of rotatable bonds is 4. The molecule has 0 aromatic carbocycles. The number of hydrogen-bond donors (Lipinski definition) is 2. The van der Waals surface area contributed by atoms with Crippen LogP contribution < -0.4 is 10.6 Å². The van der Waals surface area contributed by atoms with Gasteiger partial charge < -0.3 is 10.6 Å². The minimum Gasteiger partial charge on any atom is -0.356 e. The molecule has 0 aromatic heterocycles. The Morgan fingerprint density at radius 3 is 2.93 bits per heavy atom. The predicted molar refractivity (Wildman–Crippen MR) is 65.2 cm³/mol. The van der Waals surface area contributed by atoms with E-state index in [1.807, 2.05) is 6.92 Å². The molecule has 0 saturated carbocycles. The first kappa shape index (κ1) is 12.4. The summed E-state index contributed by atoms with van der Waals surface area (Å²) in [6, 6.07) is 0. The van der Waals surface area contributed by atoms with Gasteiger partial charge in [0.2, 0.25) is 5.91 Å². The molecular formula is C10H19N3OS. The number of amides is 1. The quantitative estimate of drug-likeness (QED) is 0.751.